The van der Waals surface area contributed by atoms with E-state index in [4.69, 9.17) is 0 Å². The molecule has 4 nitrogen and oxygen atoms in total. The summed E-state index contributed by atoms with van der Waals surface area (Å²) in [6.07, 6.45) is 5.60. The summed E-state index contributed by atoms with van der Waals surface area (Å²) in [5, 5.41) is 0. The van der Waals surface area contributed by atoms with Gasteiger partial charge < -0.3 is 4.90 Å². The molecule has 1 aromatic heterocycles. The Hall–Kier alpha value is -1.97. The molecule has 0 saturated carbocycles. The number of fused-ring (bicyclic) bond motifs is 6. The Bertz CT molecular complexity index is 589. The summed E-state index contributed by atoms with van der Waals surface area (Å²) in [6, 6.07) is 4.33. The Kier molecular flexibility index (Phi) is 1.95. The number of benzene rings is 1. The van der Waals surface area contributed by atoms with Gasteiger partial charge in [0, 0.05) is 37.3 Å². The zero-order valence-corrected chi connectivity index (χ0v) is 9.91. The first kappa shape index (κ1) is 10.00. The van der Waals surface area contributed by atoms with E-state index in [2.05, 4.69) is 22.1 Å². The van der Waals surface area contributed by atoms with Gasteiger partial charge in [-0.2, -0.15) is 0 Å². The summed E-state index contributed by atoms with van der Waals surface area (Å²) in [5.41, 5.74) is 4.66. The second-order valence-corrected chi connectivity index (χ2v) is 5.22. The molecule has 1 aliphatic heterocycles. The summed E-state index contributed by atoms with van der Waals surface area (Å²) < 4.78 is 0. The summed E-state index contributed by atoms with van der Waals surface area (Å²) in [4.78, 5) is 21.6. The van der Waals surface area contributed by atoms with Gasteiger partial charge in [0.15, 0.2) is 0 Å². The van der Waals surface area contributed by atoms with Crippen molar-refractivity contribution in [2.75, 3.05) is 13.1 Å². The monoisotopic (exact) mass is 239 g/mol. The average molecular weight is 239 g/mol. The molecule has 2 bridgehead atoms. The maximum atomic E-state index is 11.0. The van der Waals surface area contributed by atoms with E-state index in [0.717, 1.165) is 37.0 Å². The molecule has 0 spiro atoms. The smallest absolute Gasteiger partial charge is 0.209 e. The van der Waals surface area contributed by atoms with Crippen LogP contribution in [0.3, 0.4) is 0 Å². The third-order valence-electron chi connectivity index (χ3n) is 4.18. The lowest BCUT2D eigenvalue weighted by atomic mass is 9.96. The molecule has 2 aromatic rings. The van der Waals surface area contributed by atoms with Gasteiger partial charge in [-0.1, -0.05) is 0 Å². The van der Waals surface area contributed by atoms with Crippen molar-refractivity contribution < 1.29 is 4.79 Å². The Morgan fingerprint density at radius 1 is 1.06 bits per heavy atom. The van der Waals surface area contributed by atoms with Crippen LogP contribution in [0.4, 0.5) is 0 Å². The fraction of sp³-hybridized carbons (Fsp3) is 0.357. The van der Waals surface area contributed by atoms with Gasteiger partial charge in [0.25, 0.3) is 0 Å². The zero-order valence-electron chi connectivity index (χ0n) is 9.91. The first-order chi connectivity index (χ1) is 8.85. The minimum Gasteiger partial charge on any atom is -0.344 e. The predicted octanol–water partition coefficient (Wildman–Crippen LogP) is 1.67. The van der Waals surface area contributed by atoms with Crippen molar-refractivity contribution in [2.45, 2.75) is 18.3 Å². The first-order valence-electron chi connectivity index (χ1n) is 6.29. The van der Waals surface area contributed by atoms with Gasteiger partial charge in [0.1, 0.15) is 0 Å². The van der Waals surface area contributed by atoms with Gasteiger partial charge >= 0.3 is 0 Å². The van der Waals surface area contributed by atoms with Crippen LogP contribution in [0.1, 0.15) is 29.4 Å². The van der Waals surface area contributed by atoms with Crippen LogP contribution in [0.5, 0.6) is 0 Å². The Morgan fingerprint density at radius 3 is 2.11 bits per heavy atom. The number of carbonyl (C=O) groups is 1. The maximum Gasteiger partial charge on any atom is 0.209 e. The number of hydrogen-bond acceptors (Lipinski definition) is 3. The lowest BCUT2D eigenvalue weighted by Gasteiger charge is -2.28. The highest BCUT2D eigenvalue weighted by Gasteiger charge is 2.37. The van der Waals surface area contributed by atoms with E-state index in [0.29, 0.717) is 11.8 Å². The highest BCUT2D eigenvalue weighted by Crippen LogP contribution is 2.46. The van der Waals surface area contributed by atoms with E-state index >= 15 is 0 Å². The van der Waals surface area contributed by atoms with Crippen molar-refractivity contribution in [3.63, 3.8) is 0 Å². The summed E-state index contributed by atoms with van der Waals surface area (Å²) >= 11 is 0. The van der Waals surface area contributed by atoms with Gasteiger partial charge in [-0.25, -0.2) is 0 Å². The molecule has 0 N–H and O–H groups in total. The number of carbonyl (C=O) groups excluding carboxylic acids is 1. The third-order valence-corrected chi connectivity index (χ3v) is 4.18. The number of likely N-dealkylation sites (tertiary alicyclic amines) is 1. The number of aromatic nitrogens is 2. The summed E-state index contributed by atoms with van der Waals surface area (Å²) in [7, 11) is 0. The molecule has 1 amide bonds. The minimum atomic E-state index is 0.482. The number of hydrogen-bond donors (Lipinski definition) is 0. The highest BCUT2D eigenvalue weighted by atomic mass is 16.1. The number of rotatable bonds is 1. The van der Waals surface area contributed by atoms with Crippen molar-refractivity contribution >= 4 is 17.4 Å². The highest BCUT2D eigenvalue weighted by molar-refractivity contribution is 5.77. The first-order valence-corrected chi connectivity index (χ1v) is 6.29. The summed E-state index contributed by atoms with van der Waals surface area (Å²) in [5.74, 6) is 0.964. The fourth-order valence-electron chi connectivity index (χ4n) is 3.42. The van der Waals surface area contributed by atoms with Crippen molar-refractivity contribution in [1.29, 1.82) is 0 Å². The third kappa shape index (κ3) is 1.29. The molecule has 4 rings (SSSR count). The van der Waals surface area contributed by atoms with Crippen molar-refractivity contribution in [3.05, 3.63) is 35.7 Å². The zero-order chi connectivity index (χ0) is 12.1. The largest absolute Gasteiger partial charge is 0.344 e. The average Bonchev–Trinajstić information content (AvgIpc) is 2.68. The van der Waals surface area contributed by atoms with E-state index in [-0.39, 0.29) is 0 Å². The normalized spacial score (nSPS) is 25.2. The minimum absolute atomic E-state index is 0.482. The molecule has 2 heterocycles. The number of nitrogens with zero attached hydrogens (tertiary/aromatic N) is 3. The molecule has 2 aliphatic rings. The van der Waals surface area contributed by atoms with Crippen LogP contribution in [0.15, 0.2) is 24.5 Å². The van der Waals surface area contributed by atoms with E-state index < -0.39 is 0 Å². The van der Waals surface area contributed by atoms with E-state index in [1.165, 1.54) is 11.1 Å². The van der Waals surface area contributed by atoms with E-state index in [9.17, 15) is 4.79 Å². The van der Waals surface area contributed by atoms with Crippen LogP contribution in [-0.4, -0.2) is 34.4 Å². The van der Waals surface area contributed by atoms with Crippen molar-refractivity contribution in [1.82, 2.24) is 14.9 Å². The Balaban J connectivity index is 1.90. The molecule has 0 unspecified atom stereocenters. The van der Waals surface area contributed by atoms with Crippen LogP contribution < -0.4 is 0 Å². The van der Waals surface area contributed by atoms with E-state index in [1.54, 1.807) is 12.4 Å². The molecule has 90 valence electrons. The molecule has 0 radical (unpaired) electrons. The molecule has 1 fully saturated rings. The second-order valence-electron chi connectivity index (χ2n) is 5.22. The molecule has 18 heavy (non-hydrogen) atoms. The molecular weight excluding hydrogens is 226 g/mol. The lowest BCUT2D eigenvalue weighted by molar-refractivity contribution is -0.119. The topological polar surface area (TPSA) is 46.1 Å². The second kappa shape index (κ2) is 3.51. The van der Waals surface area contributed by atoms with Crippen molar-refractivity contribution in [2.24, 2.45) is 0 Å². The molecule has 1 aliphatic carbocycles. The maximum absolute atomic E-state index is 11.0. The number of piperidine rings is 1. The van der Waals surface area contributed by atoms with Gasteiger partial charge in [-0.05, 0) is 29.7 Å². The Labute approximate surface area is 105 Å². The van der Waals surface area contributed by atoms with Crippen LogP contribution >= 0.6 is 0 Å². The Morgan fingerprint density at radius 2 is 1.61 bits per heavy atom. The van der Waals surface area contributed by atoms with Gasteiger partial charge in [-0.3, -0.25) is 14.8 Å². The number of amides is 1. The standard InChI is InChI=1S/C14H13N3O/c18-8-17-6-9-3-10(7-17)12-5-14-13(4-11(9)12)15-1-2-16-14/h1-2,4-5,8-10H,3,6-7H2/t9-,10-/m1/s1. The van der Waals surface area contributed by atoms with Crippen LogP contribution in [0.25, 0.3) is 11.0 Å². The van der Waals surface area contributed by atoms with Crippen LogP contribution in [0, 0.1) is 0 Å². The van der Waals surface area contributed by atoms with E-state index in [1.807, 2.05) is 4.90 Å². The predicted molar refractivity (Wildman–Crippen MR) is 67.3 cm³/mol. The van der Waals surface area contributed by atoms with Gasteiger partial charge in [0.05, 0.1) is 11.0 Å². The molecular formula is C14H13N3O. The quantitative estimate of drug-likeness (QED) is 0.711. The van der Waals surface area contributed by atoms with Gasteiger partial charge in [0.2, 0.25) is 6.41 Å². The molecule has 1 saturated heterocycles. The SMILES string of the molecule is O=CN1C[C@H]2C[C@H](C1)c1cc3nccnc3cc12. The van der Waals surface area contributed by atoms with Crippen molar-refractivity contribution in [3.8, 4) is 0 Å². The molecule has 1 aromatic carbocycles. The fourth-order valence-corrected chi connectivity index (χ4v) is 3.42. The molecule has 4 heteroatoms. The van der Waals surface area contributed by atoms with Gasteiger partial charge in [-0.15, -0.1) is 0 Å². The lowest BCUT2D eigenvalue weighted by Crippen LogP contribution is -2.33. The van der Waals surface area contributed by atoms with Crippen LogP contribution in [-0.2, 0) is 4.79 Å². The molecule has 2 atom stereocenters. The summed E-state index contributed by atoms with van der Waals surface area (Å²) in [6.45, 7) is 1.69. The van der Waals surface area contributed by atoms with Crippen LogP contribution in [0.2, 0.25) is 0 Å².